The summed E-state index contributed by atoms with van der Waals surface area (Å²) in [6.45, 7) is 0. The highest BCUT2D eigenvalue weighted by Crippen LogP contribution is 2.18. The minimum absolute atomic E-state index is 0.114. The molecule has 0 heterocycles. The van der Waals surface area contributed by atoms with Crippen LogP contribution in [0.2, 0.25) is 0 Å². The molecule has 86 valence electrons. The highest BCUT2D eigenvalue weighted by molar-refractivity contribution is 6.52. The van der Waals surface area contributed by atoms with Crippen molar-refractivity contribution in [3.63, 3.8) is 0 Å². The smallest absolute Gasteiger partial charge is 0.387 e. The van der Waals surface area contributed by atoms with E-state index in [1.165, 1.54) is 24.3 Å². The molecule has 0 unspecified atom stereocenters. The zero-order valence-electron chi connectivity index (χ0n) is 7.72. The maximum atomic E-state index is 10.8. The SMILES string of the molecule is O=C(O)c1ccccc1OOC(=O)C(Cl)Cl. The molecule has 1 aromatic carbocycles. The molecule has 1 aromatic rings. The predicted molar refractivity (Wildman–Crippen MR) is 55.6 cm³/mol. The van der Waals surface area contributed by atoms with Crippen LogP contribution < -0.4 is 4.89 Å². The van der Waals surface area contributed by atoms with Gasteiger partial charge in [-0.15, -0.1) is 0 Å². The zero-order valence-corrected chi connectivity index (χ0v) is 9.23. The number of carbonyl (C=O) groups is 2. The third-order valence-electron chi connectivity index (χ3n) is 1.51. The summed E-state index contributed by atoms with van der Waals surface area (Å²) >= 11 is 10.4. The van der Waals surface area contributed by atoms with Gasteiger partial charge in [0.25, 0.3) is 0 Å². The summed E-state index contributed by atoms with van der Waals surface area (Å²) in [6.07, 6.45) is 0. The van der Waals surface area contributed by atoms with Crippen molar-refractivity contribution < 1.29 is 24.5 Å². The van der Waals surface area contributed by atoms with Gasteiger partial charge in [-0.2, -0.15) is 0 Å². The molecule has 16 heavy (non-hydrogen) atoms. The molecule has 0 spiro atoms. The Kier molecular flexibility index (Phi) is 4.39. The van der Waals surface area contributed by atoms with Gasteiger partial charge in [-0.1, -0.05) is 35.3 Å². The summed E-state index contributed by atoms with van der Waals surface area (Å²) < 4.78 is 0. The molecule has 0 bridgehead atoms. The topological polar surface area (TPSA) is 72.8 Å². The fourth-order valence-electron chi connectivity index (χ4n) is 0.838. The number of hydrogen-bond acceptors (Lipinski definition) is 4. The van der Waals surface area contributed by atoms with E-state index < -0.39 is 16.8 Å². The van der Waals surface area contributed by atoms with E-state index >= 15 is 0 Å². The van der Waals surface area contributed by atoms with Gasteiger partial charge in [-0.3, -0.25) is 4.89 Å². The fourth-order valence-corrected chi connectivity index (χ4v) is 0.911. The van der Waals surface area contributed by atoms with Crippen molar-refractivity contribution in [2.45, 2.75) is 4.84 Å². The number of aromatic carboxylic acids is 1. The van der Waals surface area contributed by atoms with Crippen molar-refractivity contribution in [3.05, 3.63) is 29.8 Å². The molecular formula is C9H6Cl2O5. The van der Waals surface area contributed by atoms with E-state index in [2.05, 4.69) is 9.78 Å². The second-order valence-corrected chi connectivity index (χ2v) is 3.68. The lowest BCUT2D eigenvalue weighted by molar-refractivity contribution is -0.211. The molecule has 0 aliphatic rings. The Morgan fingerprint density at radius 3 is 2.44 bits per heavy atom. The standard InChI is InChI=1S/C9H6Cl2O5/c10-7(11)9(14)16-15-6-4-2-1-3-5(6)8(12)13/h1-4,7H,(H,12,13). The summed E-state index contributed by atoms with van der Waals surface area (Å²) in [5.74, 6) is -2.35. The van der Waals surface area contributed by atoms with Crippen LogP contribution >= 0.6 is 23.2 Å². The van der Waals surface area contributed by atoms with E-state index in [0.717, 1.165) is 0 Å². The fraction of sp³-hybridized carbons (Fsp3) is 0.111. The summed E-state index contributed by atoms with van der Waals surface area (Å²) in [6, 6.07) is 5.65. The van der Waals surface area contributed by atoms with Crippen LogP contribution in [0.1, 0.15) is 10.4 Å². The Balaban J connectivity index is 2.74. The molecule has 1 rings (SSSR count). The number of carboxylic acid groups (broad SMARTS) is 1. The van der Waals surface area contributed by atoms with Crippen LogP contribution in [0.25, 0.3) is 0 Å². The minimum atomic E-state index is -1.39. The summed E-state index contributed by atoms with van der Waals surface area (Å²) in [4.78, 5) is 28.9. The van der Waals surface area contributed by atoms with Gasteiger partial charge in [0, 0.05) is 0 Å². The summed E-state index contributed by atoms with van der Waals surface area (Å²) in [5, 5.41) is 8.77. The van der Waals surface area contributed by atoms with Crippen LogP contribution in [0.3, 0.4) is 0 Å². The number of carboxylic acids is 1. The molecule has 0 saturated heterocycles. The second kappa shape index (κ2) is 5.58. The predicted octanol–water partition coefficient (Wildman–Crippen LogP) is 2.03. The lowest BCUT2D eigenvalue weighted by Gasteiger charge is -2.06. The van der Waals surface area contributed by atoms with Gasteiger partial charge in [0.05, 0.1) is 0 Å². The monoisotopic (exact) mass is 264 g/mol. The normalized spacial score (nSPS) is 9.94. The molecule has 0 aromatic heterocycles. The molecule has 0 aliphatic carbocycles. The Bertz CT molecular complexity index is 405. The molecule has 7 heteroatoms. The van der Waals surface area contributed by atoms with Crippen LogP contribution in [0.15, 0.2) is 24.3 Å². The van der Waals surface area contributed by atoms with Crippen molar-refractivity contribution in [1.82, 2.24) is 0 Å². The molecular weight excluding hydrogens is 259 g/mol. The molecule has 0 amide bonds. The Labute approximate surface area is 100 Å². The summed E-state index contributed by atoms with van der Waals surface area (Å²) in [5.41, 5.74) is -0.143. The maximum absolute atomic E-state index is 10.8. The molecule has 5 nitrogen and oxygen atoms in total. The summed E-state index contributed by atoms with van der Waals surface area (Å²) in [7, 11) is 0. The van der Waals surface area contributed by atoms with Gasteiger partial charge in [0.1, 0.15) is 5.56 Å². The number of halogens is 2. The number of alkyl halides is 2. The maximum Gasteiger partial charge on any atom is 0.387 e. The van der Waals surface area contributed by atoms with Crippen LogP contribution in [0.4, 0.5) is 0 Å². The van der Waals surface area contributed by atoms with Gasteiger partial charge in [0.15, 0.2) is 5.75 Å². The van der Waals surface area contributed by atoms with Gasteiger partial charge in [0.2, 0.25) is 4.84 Å². The number of rotatable bonds is 4. The van der Waals surface area contributed by atoms with Crippen LogP contribution in [-0.2, 0) is 9.68 Å². The first-order chi connectivity index (χ1) is 7.52. The molecule has 0 radical (unpaired) electrons. The van der Waals surface area contributed by atoms with Crippen molar-refractivity contribution in [2.75, 3.05) is 0 Å². The lowest BCUT2D eigenvalue weighted by atomic mass is 10.2. The third-order valence-corrected chi connectivity index (χ3v) is 1.87. The van der Waals surface area contributed by atoms with E-state index in [4.69, 9.17) is 28.3 Å². The third kappa shape index (κ3) is 3.29. The first-order valence-electron chi connectivity index (χ1n) is 4.01. The van der Waals surface area contributed by atoms with Crippen LogP contribution in [0.5, 0.6) is 5.75 Å². The van der Waals surface area contributed by atoms with Crippen LogP contribution in [0, 0.1) is 0 Å². The molecule has 0 saturated carbocycles. The van der Waals surface area contributed by atoms with Gasteiger partial charge in [-0.05, 0) is 12.1 Å². The first kappa shape index (κ1) is 12.6. The Morgan fingerprint density at radius 1 is 1.25 bits per heavy atom. The number of carbonyl (C=O) groups excluding carboxylic acids is 1. The highest BCUT2D eigenvalue weighted by Gasteiger charge is 2.17. The minimum Gasteiger partial charge on any atom is -0.478 e. The Morgan fingerprint density at radius 2 is 1.88 bits per heavy atom. The number of para-hydroxylation sites is 1. The quantitative estimate of drug-likeness (QED) is 0.512. The van der Waals surface area contributed by atoms with Crippen molar-refractivity contribution in [1.29, 1.82) is 0 Å². The van der Waals surface area contributed by atoms with Crippen molar-refractivity contribution in [2.24, 2.45) is 0 Å². The van der Waals surface area contributed by atoms with E-state index in [1.807, 2.05) is 0 Å². The largest absolute Gasteiger partial charge is 0.478 e. The number of hydrogen-bond donors (Lipinski definition) is 1. The van der Waals surface area contributed by atoms with Gasteiger partial charge in [-0.25, -0.2) is 14.5 Å². The molecule has 1 N–H and O–H groups in total. The van der Waals surface area contributed by atoms with E-state index in [9.17, 15) is 9.59 Å². The van der Waals surface area contributed by atoms with Gasteiger partial charge >= 0.3 is 11.9 Å². The lowest BCUT2D eigenvalue weighted by Crippen LogP contribution is -2.15. The molecule has 0 atom stereocenters. The van der Waals surface area contributed by atoms with E-state index in [0.29, 0.717) is 0 Å². The van der Waals surface area contributed by atoms with Crippen LogP contribution in [-0.4, -0.2) is 21.9 Å². The second-order valence-electron chi connectivity index (χ2n) is 2.59. The first-order valence-corrected chi connectivity index (χ1v) is 4.88. The zero-order chi connectivity index (χ0) is 12.1. The molecule has 0 aliphatic heterocycles. The van der Waals surface area contributed by atoms with Crippen molar-refractivity contribution in [3.8, 4) is 5.75 Å². The average molecular weight is 265 g/mol. The number of benzene rings is 1. The van der Waals surface area contributed by atoms with Gasteiger partial charge < -0.3 is 5.11 Å². The van der Waals surface area contributed by atoms with E-state index in [-0.39, 0.29) is 11.3 Å². The van der Waals surface area contributed by atoms with E-state index in [1.54, 1.807) is 0 Å². The molecule has 0 fully saturated rings. The highest BCUT2D eigenvalue weighted by atomic mass is 35.5. The Hall–Kier alpha value is -1.46. The average Bonchev–Trinajstić information content (AvgIpc) is 2.25. The van der Waals surface area contributed by atoms with Crippen molar-refractivity contribution >= 4 is 35.1 Å².